The molecule has 4 saturated carbocycles. The average Bonchev–Trinajstić information content (AvgIpc) is 3.21. The first-order valence-corrected chi connectivity index (χ1v) is 13.7. The number of fused-ring (bicyclic) bond motifs is 1. The van der Waals surface area contributed by atoms with E-state index in [0.717, 1.165) is 63.6 Å². The monoisotopic (exact) mass is 484 g/mol. The number of nitrogens with zero attached hydrogens (tertiary/aromatic N) is 1. The number of carboxylic acids is 1. The lowest BCUT2D eigenvalue weighted by atomic mass is 9.33. The van der Waals surface area contributed by atoms with Gasteiger partial charge in [0, 0.05) is 42.7 Å². The van der Waals surface area contributed by atoms with Crippen LogP contribution in [0.4, 0.5) is 0 Å². The number of ketones is 1. The van der Waals surface area contributed by atoms with Gasteiger partial charge in [0.2, 0.25) is 0 Å². The van der Waals surface area contributed by atoms with Gasteiger partial charge in [-0.2, -0.15) is 0 Å². The fourth-order valence-corrected chi connectivity index (χ4v) is 11.1. The van der Waals surface area contributed by atoms with E-state index in [2.05, 4.69) is 10.3 Å². The number of quaternary nitrogens is 1. The topological polar surface area (TPSA) is 132 Å². The molecule has 1 saturated heterocycles. The number of Topliss-reactive ketones (excluding diaryl/α,β-unsaturated/α-hetero) is 1. The van der Waals surface area contributed by atoms with Crippen LogP contribution >= 0.6 is 0 Å². The minimum Gasteiger partial charge on any atom is -0.545 e. The fraction of sp³-hybridized carbons (Fsp3) is 0.815. The van der Waals surface area contributed by atoms with Crippen molar-refractivity contribution in [2.24, 2.45) is 38.8 Å². The maximum atomic E-state index is 13.5. The normalized spacial score (nSPS) is 48.8. The Labute approximate surface area is 207 Å². The van der Waals surface area contributed by atoms with Crippen molar-refractivity contribution in [2.75, 3.05) is 27.2 Å². The lowest BCUT2D eigenvalue weighted by molar-refractivity contribution is -0.862. The Morgan fingerprint density at radius 1 is 1.26 bits per heavy atom. The molecule has 6 aliphatic rings. The number of aliphatic carboxylic acids is 1. The summed E-state index contributed by atoms with van der Waals surface area (Å²) in [6.07, 6.45) is 8.91. The van der Waals surface area contributed by atoms with Gasteiger partial charge in [-0.25, -0.2) is 4.99 Å². The number of carboxylic acid groups (broad SMARTS) is 1. The first-order chi connectivity index (χ1) is 16.7. The van der Waals surface area contributed by atoms with Crippen LogP contribution in [-0.2, 0) is 9.59 Å². The highest BCUT2D eigenvalue weighted by molar-refractivity contribution is 6.03. The molecule has 5 aliphatic carbocycles. The molecule has 192 valence electrons. The Morgan fingerprint density at radius 2 is 2.03 bits per heavy atom. The average molecular weight is 485 g/mol. The zero-order valence-electron chi connectivity index (χ0n) is 21.1. The summed E-state index contributed by atoms with van der Waals surface area (Å²) in [6, 6.07) is 0.204. The molecule has 35 heavy (non-hydrogen) atoms. The highest BCUT2D eigenvalue weighted by Crippen LogP contribution is 2.84. The zero-order valence-corrected chi connectivity index (χ0v) is 21.1. The van der Waals surface area contributed by atoms with E-state index in [1.54, 1.807) is 7.05 Å². The summed E-state index contributed by atoms with van der Waals surface area (Å²) in [4.78, 5) is 31.9. The van der Waals surface area contributed by atoms with Crippen molar-refractivity contribution < 1.29 is 24.7 Å². The smallest absolute Gasteiger partial charge is 0.293 e. The largest absolute Gasteiger partial charge is 0.545 e. The number of hydrogen-bond donors (Lipinski definition) is 4. The Bertz CT molecular complexity index is 1040. The van der Waals surface area contributed by atoms with Gasteiger partial charge < -0.3 is 26.1 Å². The number of hydrogen-bond acceptors (Lipinski definition) is 6. The van der Waals surface area contributed by atoms with Crippen LogP contribution in [0.25, 0.3) is 0 Å². The SMILES string of the molecule is CN=C(N)[NH+]1CCC(CNC)C23C4CCC5(CCCCC(=O)C6(O)CC52C(=C6C(=O)[O-])C4)CCC13. The highest BCUT2D eigenvalue weighted by atomic mass is 16.4. The van der Waals surface area contributed by atoms with Gasteiger partial charge in [-0.05, 0) is 75.8 Å². The van der Waals surface area contributed by atoms with Crippen LogP contribution in [0.3, 0.4) is 0 Å². The quantitative estimate of drug-likeness (QED) is 0.310. The summed E-state index contributed by atoms with van der Waals surface area (Å²) in [5.74, 6) is -0.385. The fourth-order valence-electron chi connectivity index (χ4n) is 11.1. The van der Waals surface area contributed by atoms with E-state index < -0.39 is 17.0 Å². The van der Waals surface area contributed by atoms with Gasteiger partial charge >= 0.3 is 0 Å². The Balaban J connectivity index is 1.69. The third-order valence-corrected chi connectivity index (χ3v) is 11.8. The molecule has 5 bridgehead atoms. The summed E-state index contributed by atoms with van der Waals surface area (Å²) in [7, 11) is 3.75. The number of likely N-dealkylation sites (tertiary alicyclic amines) is 1. The standard InChI is InChI=1S/C27H40N4O4/c1-29-14-17-8-12-31(23(28)30-2)19-7-11-24-9-4-3-5-20(32)25(35)15-26(24)18(21(25)22(33)34)13-16(6-10-24)27(17,19)26/h16-17,19,29,35H,3-15H2,1-2H3,(H2,28,30)(H,33,34). The minimum atomic E-state index is -1.94. The number of nitrogens with two attached hydrogens (primary N) is 1. The second kappa shape index (κ2) is 7.62. The number of carbonyl (C=O) groups is 2. The molecule has 5 N–H and O–H groups in total. The Hall–Kier alpha value is -1.77. The second-order valence-corrected chi connectivity index (χ2v) is 12.4. The molecule has 6 rings (SSSR count). The molecule has 0 aromatic rings. The predicted molar refractivity (Wildman–Crippen MR) is 128 cm³/mol. The number of carbonyl (C=O) groups excluding carboxylic acids is 2. The molecule has 1 heterocycles. The van der Waals surface area contributed by atoms with E-state index >= 15 is 0 Å². The van der Waals surface area contributed by atoms with Gasteiger partial charge in [0.05, 0.1) is 12.5 Å². The van der Waals surface area contributed by atoms with Crippen molar-refractivity contribution in [3.05, 3.63) is 11.1 Å². The molecule has 8 heteroatoms. The molecule has 8 nitrogen and oxygen atoms in total. The molecule has 0 aromatic heterocycles. The van der Waals surface area contributed by atoms with E-state index in [0.29, 0.717) is 30.6 Å². The van der Waals surface area contributed by atoms with Crippen LogP contribution in [0.5, 0.6) is 0 Å². The van der Waals surface area contributed by atoms with Crippen molar-refractivity contribution in [3.63, 3.8) is 0 Å². The molecule has 0 amide bonds. The zero-order chi connectivity index (χ0) is 24.8. The molecule has 8 atom stereocenters. The lowest BCUT2D eigenvalue weighted by Crippen LogP contribution is -3.23. The van der Waals surface area contributed by atoms with Crippen molar-refractivity contribution >= 4 is 17.7 Å². The maximum Gasteiger partial charge on any atom is 0.293 e. The number of aliphatic imine (C=N–C) groups is 1. The summed E-state index contributed by atoms with van der Waals surface area (Å²) in [5, 5.41) is 28.3. The van der Waals surface area contributed by atoms with Crippen molar-refractivity contribution in [2.45, 2.75) is 82.3 Å². The van der Waals surface area contributed by atoms with Crippen LogP contribution in [0.2, 0.25) is 0 Å². The Kier molecular flexibility index (Phi) is 5.14. The van der Waals surface area contributed by atoms with Crippen molar-refractivity contribution in [3.8, 4) is 0 Å². The molecule has 8 unspecified atom stereocenters. The van der Waals surface area contributed by atoms with Gasteiger partial charge in [0.1, 0.15) is 6.04 Å². The predicted octanol–water partition coefficient (Wildman–Crippen LogP) is -0.685. The third-order valence-electron chi connectivity index (χ3n) is 11.8. The minimum absolute atomic E-state index is 0.0642. The number of rotatable bonds is 3. The van der Waals surface area contributed by atoms with Gasteiger partial charge in [0.25, 0.3) is 5.96 Å². The summed E-state index contributed by atoms with van der Waals surface area (Å²) in [5.41, 5.74) is 4.60. The van der Waals surface area contributed by atoms with Crippen molar-refractivity contribution in [1.29, 1.82) is 0 Å². The lowest BCUT2D eigenvalue weighted by Gasteiger charge is -2.71. The summed E-state index contributed by atoms with van der Waals surface area (Å²) >= 11 is 0. The molecule has 0 aromatic carbocycles. The molecule has 5 fully saturated rings. The highest BCUT2D eigenvalue weighted by Gasteiger charge is 2.84. The summed E-state index contributed by atoms with van der Waals surface area (Å²) in [6.45, 7) is 1.76. The number of allylic oxidation sites excluding steroid dienone is 1. The van der Waals surface area contributed by atoms with Crippen LogP contribution < -0.4 is 21.1 Å². The molecular weight excluding hydrogens is 444 g/mol. The second-order valence-electron chi connectivity index (χ2n) is 12.4. The number of piperidine rings is 1. The van der Waals surface area contributed by atoms with Crippen LogP contribution in [0, 0.1) is 28.1 Å². The molecule has 0 radical (unpaired) electrons. The van der Waals surface area contributed by atoms with E-state index in [1.807, 2.05) is 7.05 Å². The van der Waals surface area contributed by atoms with Crippen LogP contribution in [-0.4, -0.2) is 61.6 Å². The van der Waals surface area contributed by atoms with E-state index in [4.69, 9.17) is 5.73 Å². The molecular formula is C27H40N4O4. The molecule has 1 aliphatic heterocycles. The number of aliphatic hydroxyl groups is 1. The maximum absolute atomic E-state index is 13.5. The summed E-state index contributed by atoms with van der Waals surface area (Å²) < 4.78 is 0. The third kappa shape index (κ3) is 2.51. The van der Waals surface area contributed by atoms with Gasteiger partial charge in [0.15, 0.2) is 11.4 Å². The van der Waals surface area contributed by atoms with E-state index in [1.165, 1.54) is 4.90 Å². The molecule has 2 spiro atoms. The number of guanidine groups is 1. The van der Waals surface area contributed by atoms with Crippen molar-refractivity contribution in [1.82, 2.24) is 5.32 Å². The first kappa shape index (κ1) is 23.6. The van der Waals surface area contributed by atoms with Gasteiger partial charge in [-0.1, -0.05) is 12.0 Å². The van der Waals surface area contributed by atoms with Gasteiger partial charge in [-0.3, -0.25) is 9.69 Å². The number of nitrogens with one attached hydrogen (secondary N) is 2. The van der Waals surface area contributed by atoms with E-state index in [9.17, 15) is 19.8 Å². The van der Waals surface area contributed by atoms with Crippen LogP contribution in [0.15, 0.2) is 16.1 Å². The Morgan fingerprint density at radius 3 is 2.74 bits per heavy atom. The van der Waals surface area contributed by atoms with Crippen LogP contribution in [0.1, 0.15) is 70.6 Å². The first-order valence-electron chi connectivity index (χ1n) is 13.7. The van der Waals surface area contributed by atoms with E-state index in [-0.39, 0.29) is 41.1 Å². The van der Waals surface area contributed by atoms with Gasteiger partial charge in [-0.15, -0.1) is 0 Å².